The van der Waals surface area contributed by atoms with E-state index in [1.165, 1.54) is 7.11 Å². The summed E-state index contributed by atoms with van der Waals surface area (Å²) in [6, 6.07) is 0. The largest absolute Gasteiger partial charge is 0.468 e. The summed E-state index contributed by atoms with van der Waals surface area (Å²) in [6.07, 6.45) is 0. The monoisotopic (exact) mass is 232 g/mol. The molecular formula is C11H24N2O3. The molecule has 0 rings (SSSR count). The third-order valence-electron chi connectivity index (χ3n) is 2.47. The highest BCUT2D eigenvalue weighted by atomic mass is 16.5. The third kappa shape index (κ3) is 4.92. The van der Waals surface area contributed by atoms with E-state index in [0.717, 1.165) is 13.1 Å². The smallest absolute Gasteiger partial charge is 0.327 e. The van der Waals surface area contributed by atoms with Gasteiger partial charge in [-0.25, -0.2) is 0 Å². The quantitative estimate of drug-likeness (QED) is 0.602. The number of ether oxygens (including phenoxy) is 2. The van der Waals surface area contributed by atoms with E-state index < -0.39 is 5.54 Å². The predicted octanol–water partition coefficient (Wildman–Crippen LogP) is 0.106. The second-order valence-corrected chi connectivity index (χ2v) is 4.08. The van der Waals surface area contributed by atoms with Crippen LogP contribution in [0.25, 0.3) is 0 Å². The number of hydrogen-bond donors (Lipinski definition) is 1. The fourth-order valence-electron chi connectivity index (χ4n) is 1.67. The topological polar surface area (TPSA) is 50.8 Å². The zero-order valence-electron chi connectivity index (χ0n) is 11.0. The van der Waals surface area contributed by atoms with Gasteiger partial charge in [0.1, 0.15) is 5.54 Å². The fraction of sp³-hybridized carbons (Fsp3) is 0.909. The Bertz CT molecular complexity index is 211. The SMILES string of the molecule is CCNC(C)(CN(C)CCOC)C(=O)OC. The molecular weight excluding hydrogens is 208 g/mol. The third-order valence-corrected chi connectivity index (χ3v) is 2.47. The molecule has 1 N–H and O–H groups in total. The molecule has 0 spiro atoms. The van der Waals surface area contributed by atoms with Gasteiger partial charge in [-0.1, -0.05) is 6.92 Å². The zero-order chi connectivity index (χ0) is 12.6. The zero-order valence-corrected chi connectivity index (χ0v) is 11.0. The maximum absolute atomic E-state index is 11.7. The molecule has 0 bridgehead atoms. The summed E-state index contributed by atoms with van der Waals surface area (Å²) < 4.78 is 9.81. The second kappa shape index (κ2) is 7.60. The van der Waals surface area contributed by atoms with E-state index in [0.29, 0.717) is 13.2 Å². The summed E-state index contributed by atoms with van der Waals surface area (Å²) in [7, 11) is 5.03. The Balaban J connectivity index is 4.36. The Labute approximate surface area is 98.1 Å². The summed E-state index contributed by atoms with van der Waals surface area (Å²) in [6.45, 7) is 6.58. The molecule has 5 nitrogen and oxygen atoms in total. The molecule has 0 fully saturated rings. The predicted molar refractivity (Wildman–Crippen MR) is 63.5 cm³/mol. The number of esters is 1. The van der Waals surface area contributed by atoms with Crippen LogP contribution in [-0.4, -0.2) is 63.9 Å². The molecule has 0 saturated carbocycles. The van der Waals surface area contributed by atoms with Crippen molar-refractivity contribution < 1.29 is 14.3 Å². The molecule has 0 aliphatic heterocycles. The van der Waals surface area contributed by atoms with Gasteiger partial charge in [-0.05, 0) is 20.5 Å². The van der Waals surface area contributed by atoms with Crippen molar-refractivity contribution in [3.05, 3.63) is 0 Å². The van der Waals surface area contributed by atoms with E-state index in [-0.39, 0.29) is 5.97 Å². The molecule has 0 radical (unpaired) electrons. The first-order chi connectivity index (χ1) is 7.50. The Morgan fingerprint density at radius 1 is 1.44 bits per heavy atom. The van der Waals surface area contributed by atoms with Crippen molar-refractivity contribution in [3.63, 3.8) is 0 Å². The molecule has 0 aliphatic carbocycles. The van der Waals surface area contributed by atoms with E-state index in [2.05, 4.69) is 5.32 Å². The number of nitrogens with zero attached hydrogens (tertiary/aromatic N) is 1. The van der Waals surface area contributed by atoms with Gasteiger partial charge >= 0.3 is 5.97 Å². The summed E-state index contributed by atoms with van der Waals surface area (Å²) >= 11 is 0. The number of carbonyl (C=O) groups is 1. The van der Waals surface area contributed by atoms with E-state index in [9.17, 15) is 4.79 Å². The van der Waals surface area contributed by atoms with Crippen LogP contribution in [0.5, 0.6) is 0 Å². The van der Waals surface area contributed by atoms with E-state index >= 15 is 0 Å². The number of likely N-dealkylation sites (N-methyl/N-ethyl adjacent to an activating group) is 2. The number of nitrogens with one attached hydrogen (secondary N) is 1. The summed E-state index contributed by atoms with van der Waals surface area (Å²) in [5.41, 5.74) is -0.661. The van der Waals surface area contributed by atoms with Gasteiger partial charge in [-0.2, -0.15) is 0 Å². The van der Waals surface area contributed by atoms with Crippen LogP contribution in [0.1, 0.15) is 13.8 Å². The highest BCUT2D eigenvalue weighted by Crippen LogP contribution is 2.08. The maximum Gasteiger partial charge on any atom is 0.327 e. The van der Waals surface area contributed by atoms with Crippen LogP contribution in [0, 0.1) is 0 Å². The van der Waals surface area contributed by atoms with E-state index in [1.807, 2.05) is 25.8 Å². The van der Waals surface area contributed by atoms with Crippen molar-refractivity contribution in [1.29, 1.82) is 0 Å². The molecule has 0 saturated heterocycles. The molecule has 5 heteroatoms. The van der Waals surface area contributed by atoms with Crippen LogP contribution in [-0.2, 0) is 14.3 Å². The summed E-state index contributed by atoms with van der Waals surface area (Å²) in [5.74, 6) is -0.237. The first kappa shape index (κ1) is 15.3. The number of rotatable bonds is 8. The van der Waals surface area contributed by atoms with Crippen molar-refractivity contribution in [3.8, 4) is 0 Å². The van der Waals surface area contributed by atoms with Crippen LogP contribution < -0.4 is 5.32 Å². The van der Waals surface area contributed by atoms with Gasteiger partial charge in [0.25, 0.3) is 0 Å². The molecule has 1 unspecified atom stereocenters. The maximum atomic E-state index is 11.7. The molecule has 0 heterocycles. The Hall–Kier alpha value is -0.650. The van der Waals surface area contributed by atoms with Crippen molar-refractivity contribution in [2.24, 2.45) is 0 Å². The lowest BCUT2D eigenvalue weighted by atomic mass is 10.0. The minimum atomic E-state index is -0.661. The van der Waals surface area contributed by atoms with Gasteiger partial charge in [-0.3, -0.25) is 4.79 Å². The Morgan fingerprint density at radius 3 is 2.50 bits per heavy atom. The standard InChI is InChI=1S/C11H24N2O3/c1-6-12-11(2,10(14)16-5)9-13(3)7-8-15-4/h12H,6-9H2,1-5H3. The van der Waals surface area contributed by atoms with E-state index in [1.54, 1.807) is 7.11 Å². The Kier molecular flexibility index (Phi) is 7.29. The summed E-state index contributed by atoms with van der Waals surface area (Å²) in [5, 5.41) is 3.16. The molecule has 0 aromatic carbocycles. The van der Waals surface area contributed by atoms with Crippen molar-refractivity contribution in [2.75, 3.05) is 47.5 Å². The van der Waals surface area contributed by atoms with Crippen molar-refractivity contribution >= 4 is 5.97 Å². The van der Waals surface area contributed by atoms with Gasteiger partial charge in [0.15, 0.2) is 0 Å². The lowest BCUT2D eigenvalue weighted by molar-refractivity contribution is -0.148. The van der Waals surface area contributed by atoms with Gasteiger partial charge in [0, 0.05) is 20.2 Å². The molecule has 0 aromatic rings. The average molecular weight is 232 g/mol. The van der Waals surface area contributed by atoms with Gasteiger partial charge in [0.05, 0.1) is 13.7 Å². The normalized spacial score (nSPS) is 14.9. The van der Waals surface area contributed by atoms with Crippen LogP contribution in [0.4, 0.5) is 0 Å². The van der Waals surface area contributed by atoms with E-state index in [4.69, 9.17) is 9.47 Å². The number of hydrogen-bond acceptors (Lipinski definition) is 5. The summed E-state index contributed by atoms with van der Waals surface area (Å²) in [4.78, 5) is 13.7. The number of methoxy groups -OCH3 is 2. The second-order valence-electron chi connectivity index (χ2n) is 4.08. The average Bonchev–Trinajstić information content (AvgIpc) is 2.25. The molecule has 16 heavy (non-hydrogen) atoms. The fourth-order valence-corrected chi connectivity index (χ4v) is 1.67. The minimum Gasteiger partial charge on any atom is -0.468 e. The van der Waals surface area contributed by atoms with Gasteiger partial charge < -0.3 is 19.7 Å². The Morgan fingerprint density at radius 2 is 2.06 bits per heavy atom. The lowest BCUT2D eigenvalue weighted by Crippen LogP contribution is -2.57. The van der Waals surface area contributed by atoms with Gasteiger partial charge in [0.2, 0.25) is 0 Å². The molecule has 0 amide bonds. The lowest BCUT2D eigenvalue weighted by Gasteiger charge is -2.31. The van der Waals surface area contributed by atoms with Crippen LogP contribution >= 0.6 is 0 Å². The van der Waals surface area contributed by atoms with Crippen LogP contribution in [0.2, 0.25) is 0 Å². The van der Waals surface area contributed by atoms with Crippen LogP contribution in [0.3, 0.4) is 0 Å². The minimum absolute atomic E-state index is 0.237. The van der Waals surface area contributed by atoms with Crippen LogP contribution in [0.15, 0.2) is 0 Å². The highest BCUT2D eigenvalue weighted by molar-refractivity contribution is 5.80. The number of carbonyl (C=O) groups excluding carboxylic acids is 1. The molecule has 1 atom stereocenters. The molecule has 0 aliphatic rings. The first-order valence-corrected chi connectivity index (χ1v) is 5.51. The molecule has 0 aromatic heterocycles. The van der Waals surface area contributed by atoms with Crippen molar-refractivity contribution in [2.45, 2.75) is 19.4 Å². The van der Waals surface area contributed by atoms with Crippen molar-refractivity contribution in [1.82, 2.24) is 10.2 Å². The first-order valence-electron chi connectivity index (χ1n) is 5.51. The highest BCUT2D eigenvalue weighted by Gasteiger charge is 2.34. The molecule has 96 valence electrons. The van der Waals surface area contributed by atoms with Gasteiger partial charge in [-0.15, -0.1) is 0 Å².